The zero-order chi connectivity index (χ0) is 12.4. The van der Waals surface area contributed by atoms with Crippen LogP contribution >= 0.6 is 11.8 Å². The molecule has 3 N–H and O–H groups in total. The Morgan fingerprint density at radius 1 is 1.28 bits per heavy atom. The van der Waals surface area contributed by atoms with Crippen LogP contribution in [0.5, 0.6) is 0 Å². The molecule has 0 aliphatic carbocycles. The van der Waals surface area contributed by atoms with Crippen LogP contribution in [0.15, 0.2) is 46.8 Å². The molecule has 0 fully saturated rings. The van der Waals surface area contributed by atoms with E-state index < -0.39 is 0 Å². The van der Waals surface area contributed by atoms with Crippen molar-refractivity contribution < 1.29 is 0 Å². The maximum Gasteiger partial charge on any atom is 0.189 e. The van der Waals surface area contributed by atoms with E-state index in [4.69, 9.17) is 5.73 Å². The molecule has 0 unspecified atom stereocenters. The predicted molar refractivity (Wildman–Crippen MR) is 70.1 cm³/mol. The van der Waals surface area contributed by atoms with Crippen LogP contribution in [-0.2, 0) is 6.54 Å². The van der Waals surface area contributed by atoms with Crippen molar-refractivity contribution in [1.29, 1.82) is 0 Å². The number of pyridine rings is 1. The second-order valence-electron chi connectivity index (χ2n) is 3.73. The van der Waals surface area contributed by atoms with Crippen molar-refractivity contribution in [1.82, 2.24) is 20.2 Å². The number of hydrogen-bond donors (Lipinski definition) is 2. The Labute approximate surface area is 108 Å². The Morgan fingerprint density at radius 2 is 2.17 bits per heavy atom. The van der Waals surface area contributed by atoms with Gasteiger partial charge in [0.2, 0.25) is 0 Å². The van der Waals surface area contributed by atoms with Gasteiger partial charge in [-0.15, -0.1) is 0 Å². The normalized spacial score (nSPS) is 10.9. The van der Waals surface area contributed by atoms with E-state index in [-0.39, 0.29) is 0 Å². The largest absolute Gasteiger partial charge is 0.326 e. The Bertz CT molecular complexity index is 665. The standard InChI is InChI=1S/C12H11N5S/c13-6-8-5-11(18-12-14-7-15-17-12)16-10-4-2-1-3-9(8)10/h1-5,7H,6,13H2,(H,14,15,17). The first-order valence-electron chi connectivity index (χ1n) is 5.49. The number of benzene rings is 1. The molecule has 90 valence electrons. The van der Waals surface area contributed by atoms with E-state index in [0.717, 1.165) is 26.6 Å². The van der Waals surface area contributed by atoms with Crippen LogP contribution in [-0.4, -0.2) is 20.2 Å². The highest BCUT2D eigenvalue weighted by Gasteiger charge is 2.07. The third kappa shape index (κ3) is 2.07. The zero-order valence-corrected chi connectivity index (χ0v) is 10.3. The van der Waals surface area contributed by atoms with Crippen molar-refractivity contribution in [3.05, 3.63) is 42.2 Å². The molecule has 3 aromatic rings. The van der Waals surface area contributed by atoms with Crippen LogP contribution in [0.25, 0.3) is 10.9 Å². The van der Waals surface area contributed by atoms with Crippen molar-refractivity contribution in [2.75, 3.05) is 0 Å². The highest BCUT2D eigenvalue weighted by Crippen LogP contribution is 2.27. The highest BCUT2D eigenvalue weighted by molar-refractivity contribution is 7.99. The fourth-order valence-electron chi connectivity index (χ4n) is 1.78. The summed E-state index contributed by atoms with van der Waals surface area (Å²) in [6.07, 6.45) is 1.48. The molecule has 6 heteroatoms. The van der Waals surface area contributed by atoms with Gasteiger partial charge in [-0.3, -0.25) is 5.10 Å². The van der Waals surface area contributed by atoms with E-state index in [9.17, 15) is 0 Å². The van der Waals surface area contributed by atoms with E-state index in [2.05, 4.69) is 20.2 Å². The van der Waals surface area contributed by atoms with Gasteiger partial charge in [-0.25, -0.2) is 9.97 Å². The smallest absolute Gasteiger partial charge is 0.189 e. The third-order valence-corrected chi connectivity index (χ3v) is 3.40. The first kappa shape index (κ1) is 11.2. The molecule has 5 nitrogen and oxygen atoms in total. The number of nitrogens with one attached hydrogen (secondary N) is 1. The van der Waals surface area contributed by atoms with E-state index in [1.807, 2.05) is 30.3 Å². The quantitative estimate of drug-likeness (QED) is 0.749. The molecule has 2 heterocycles. The minimum atomic E-state index is 0.493. The molecule has 0 amide bonds. The van der Waals surface area contributed by atoms with Crippen molar-refractivity contribution in [3.63, 3.8) is 0 Å². The van der Waals surface area contributed by atoms with Crippen molar-refractivity contribution in [2.45, 2.75) is 16.7 Å². The van der Waals surface area contributed by atoms with Gasteiger partial charge in [0.25, 0.3) is 0 Å². The SMILES string of the molecule is NCc1cc(Sc2ncn[nH]2)nc2ccccc12. The molecule has 18 heavy (non-hydrogen) atoms. The Kier molecular flexibility index (Phi) is 2.95. The molecule has 0 saturated carbocycles. The molecule has 0 radical (unpaired) electrons. The van der Waals surface area contributed by atoms with Gasteiger partial charge in [0.15, 0.2) is 5.16 Å². The van der Waals surface area contributed by atoms with Gasteiger partial charge >= 0.3 is 0 Å². The molecule has 0 aliphatic heterocycles. The van der Waals surface area contributed by atoms with Crippen molar-refractivity contribution in [3.8, 4) is 0 Å². The summed E-state index contributed by atoms with van der Waals surface area (Å²) in [4.78, 5) is 8.65. The molecule has 0 aliphatic rings. The lowest BCUT2D eigenvalue weighted by Gasteiger charge is -2.06. The summed E-state index contributed by atoms with van der Waals surface area (Å²) in [5.41, 5.74) is 7.82. The predicted octanol–water partition coefficient (Wildman–Crippen LogP) is 1.96. The highest BCUT2D eigenvalue weighted by atomic mass is 32.2. The summed E-state index contributed by atoms with van der Waals surface area (Å²) in [6, 6.07) is 9.98. The van der Waals surface area contributed by atoms with Crippen LogP contribution in [0.4, 0.5) is 0 Å². The van der Waals surface area contributed by atoms with E-state index in [1.165, 1.54) is 18.1 Å². The molecule has 0 atom stereocenters. The molecular formula is C12H11N5S. The van der Waals surface area contributed by atoms with E-state index >= 15 is 0 Å². The van der Waals surface area contributed by atoms with Crippen molar-refractivity contribution in [2.24, 2.45) is 5.73 Å². The van der Waals surface area contributed by atoms with Crippen LogP contribution in [0, 0.1) is 0 Å². The number of H-pyrrole nitrogens is 1. The molecule has 3 rings (SSSR count). The lowest BCUT2D eigenvalue weighted by molar-refractivity contribution is 0.967. The van der Waals surface area contributed by atoms with Gasteiger partial charge in [0.05, 0.1) is 5.52 Å². The summed E-state index contributed by atoms with van der Waals surface area (Å²) < 4.78 is 0. The summed E-state index contributed by atoms with van der Waals surface area (Å²) in [6.45, 7) is 0.493. The molecular weight excluding hydrogens is 246 g/mol. The Morgan fingerprint density at radius 3 is 2.94 bits per heavy atom. The van der Waals surface area contributed by atoms with Gasteiger partial charge in [0, 0.05) is 11.9 Å². The number of nitrogens with two attached hydrogens (primary N) is 1. The Hall–Kier alpha value is -1.92. The van der Waals surface area contributed by atoms with Crippen LogP contribution in [0.3, 0.4) is 0 Å². The number of rotatable bonds is 3. The van der Waals surface area contributed by atoms with E-state index in [0.29, 0.717) is 6.54 Å². The van der Waals surface area contributed by atoms with Gasteiger partial charge < -0.3 is 5.73 Å². The average Bonchev–Trinajstić information content (AvgIpc) is 2.90. The number of nitrogens with zero attached hydrogens (tertiary/aromatic N) is 3. The van der Waals surface area contributed by atoms with Crippen LogP contribution < -0.4 is 5.73 Å². The minimum Gasteiger partial charge on any atom is -0.326 e. The monoisotopic (exact) mass is 257 g/mol. The average molecular weight is 257 g/mol. The lowest BCUT2D eigenvalue weighted by Crippen LogP contribution is -1.99. The zero-order valence-electron chi connectivity index (χ0n) is 9.50. The second-order valence-corrected chi connectivity index (χ2v) is 4.74. The van der Waals surface area contributed by atoms with Gasteiger partial charge in [-0.05, 0) is 29.5 Å². The maximum atomic E-state index is 5.79. The fraction of sp³-hybridized carbons (Fsp3) is 0.0833. The third-order valence-electron chi connectivity index (χ3n) is 2.59. The Balaban J connectivity index is 2.08. The summed E-state index contributed by atoms with van der Waals surface area (Å²) in [7, 11) is 0. The summed E-state index contributed by atoms with van der Waals surface area (Å²) >= 11 is 1.44. The lowest BCUT2D eigenvalue weighted by atomic mass is 10.1. The molecule has 2 aromatic heterocycles. The number of hydrogen-bond acceptors (Lipinski definition) is 5. The number of para-hydroxylation sites is 1. The van der Waals surface area contributed by atoms with Crippen LogP contribution in [0.2, 0.25) is 0 Å². The second kappa shape index (κ2) is 4.75. The number of aromatic nitrogens is 4. The maximum absolute atomic E-state index is 5.79. The van der Waals surface area contributed by atoms with Gasteiger partial charge in [0.1, 0.15) is 11.4 Å². The fourth-order valence-corrected chi connectivity index (χ4v) is 2.53. The van der Waals surface area contributed by atoms with Crippen molar-refractivity contribution >= 4 is 22.7 Å². The molecule has 0 bridgehead atoms. The first-order valence-corrected chi connectivity index (χ1v) is 6.30. The minimum absolute atomic E-state index is 0.493. The summed E-state index contributed by atoms with van der Waals surface area (Å²) in [5.74, 6) is 0. The van der Waals surface area contributed by atoms with E-state index in [1.54, 1.807) is 0 Å². The summed E-state index contributed by atoms with van der Waals surface area (Å²) in [5, 5.41) is 9.30. The van der Waals surface area contributed by atoms with Crippen LogP contribution in [0.1, 0.15) is 5.56 Å². The molecule has 1 aromatic carbocycles. The van der Waals surface area contributed by atoms with Gasteiger partial charge in [-0.1, -0.05) is 18.2 Å². The first-order chi connectivity index (χ1) is 8.86. The number of fused-ring (bicyclic) bond motifs is 1. The van der Waals surface area contributed by atoms with Gasteiger partial charge in [-0.2, -0.15) is 5.10 Å². The topological polar surface area (TPSA) is 80.5 Å². The number of aromatic amines is 1. The molecule has 0 saturated heterocycles. The molecule has 0 spiro atoms.